The van der Waals surface area contributed by atoms with Gasteiger partial charge >= 0.3 is 0 Å². The summed E-state index contributed by atoms with van der Waals surface area (Å²) < 4.78 is 13.4. The minimum absolute atomic E-state index is 0. The lowest BCUT2D eigenvalue weighted by atomic mass is 9.90. The molecule has 0 radical (unpaired) electrons. The summed E-state index contributed by atoms with van der Waals surface area (Å²) in [5.41, 5.74) is 2.61. The standard InChI is InChI=1S/C7H14FNO.ClH/c1-6(10)4-3-5(9)7(6,2)8;/h5,10H,3-4,9H2,1-2H3;1H/t5-,6-,7-;/m1./s1. The summed E-state index contributed by atoms with van der Waals surface area (Å²) in [6.45, 7) is 2.87. The van der Waals surface area contributed by atoms with Crippen LogP contribution in [0.25, 0.3) is 0 Å². The monoisotopic (exact) mass is 183 g/mol. The van der Waals surface area contributed by atoms with Crippen molar-refractivity contribution in [3.8, 4) is 0 Å². The lowest BCUT2D eigenvalue weighted by Gasteiger charge is -2.31. The molecule has 0 heterocycles. The van der Waals surface area contributed by atoms with Crippen molar-refractivity contribution in [2.24, 2.45) is 5.73 Å². The normalized spacial score (nSPS) is 50.5. The zero-order chi connectivity index (χ0) is 7.99. The van der Waals surface area contributed by atoms with Gasteiger partial charge in [0.15, 0.2) is 5.67 Å². The van der Waals surface area contributed by atoms with Gasteiger partial charge in [-0.05, 0) is 26.7 Å². The van der Waals surface area contributed by atoms with E-state index in [0.717, 1.165) is 0 Å². The van der Waals surface area contributed by atoms with Gasteiger partial charge in [-0.2, -0.15) is 0 Å². The third-order valence-corrected chi connectivity index (χ3v) is 2.69. The summed E-state index contributed by atoms with van der Waals surface area (Å²) in [6, 6.07) is -0.512. The number of aliphatic hydroxyl groups is 1. The first-order valence-electron chi connectivity index (χ1n) is 3.55. The quantitative estimate of drug-likeness (QED) is 0.589. The summed E-state index contributed by atoms with van der Waals surface area (Å²) in [5.74, 6) is 0. The van der Waals surface area contributed by atoms with Crippen molar-refractivity contribution in [2.45, 2.75) is 44.0 Å². The Kier molecular flexibility index (Phi) is 2.92. The van der Waals surface area contributed by atoms with Crippen LogP contribution in [-0.4, -0.2) is 22.4 Å². The first kappa shape index (κ1) is 11.1. The number of hydrogen-bond acceptors (Lipinski definition) is 2. The second-order valence-corrected chi connectivity index (χ2v) is 3.49. The molecule has 3 atom stereocenters. The van der Waals surface area contributed by atoms with E-state index >= 15 is 0 Å². The average molecular weight is 184 g/mol. The Morgan fingerprint density at radius 2 is 2.00 bits per heavy atom. The Hall–Kier alpha value is 0.140. The Balaban J connectivity index is 0.000001000. The fourth-order valence-electron chi connectivity index (χ4n) is 1.35. The number of alkyl halides is 1. The van der Waals surface area contributed by atoms with Crippen LogP contribution >= 0.6 is 12.4 Å². The first-order valence-corrected chi connectivity index (χ1v) is 3.55. The molecule has 0 unspecified atom stereocenters. The highest BCUT2D eigenvalue weighted by molar-refractivity contribution is 5.85. The molecule has 0 aromatic rings. The maximum Gasteiger partial charge on any atom is 0.151 e. The maximum absolute atomic E-state index is 13.4. The molecule has 1 aliphatic rings. The third-order valence-electron chi connectivity index (χ3n) is 2.69. The molecule has 0 saturated heterocycles. The van der Waals surface area contributed by atoms with Crippen molar-refractivity contribution in [1.29, 1.82) is 0 Å². The van der Waals surface area contributed by atoms with E-state index in [0.29, 0.717) is 12.8 Å². The van der Waals surface area contributed by atoms with E-state index in [-0.39, 0.29) is 12.4 Å². The molecule has 0 spiro atoms. The van der Waals surface area contributed by atoms with Gasteiger partial charge in [0.1, 0.15) is 0 Å². The van der Waals surface area contributed by atoms with Crippen molar-refractivity contribution in [1.82, 2.24) is 0 Å². The largest absolute Gasteiger partial charge is 0.387 e. The Labute approximate surface area is 72.4 Å². The van der Waals surface area contributed by atoms with Gasteiger partial charge in [0.25, 0.3) is 0 Å². The zero-order valence-electron chi connectivity index (χ0n) is 6.80. The van der Waals surface area contributed by atoms with E-state index in [1.165, 1.54) is 13.8 Å². The lowest BCUT2D eigenvalue weighted by molar-refractivity contribution is -0.0620. The molecular formula is C7H15ClFNO. The Morgan fingerprint density at radius 1 is 1.55 bits per heavy atom. The van der Waals surface area contributed by atoms with Crippen LogP contribution in [0.15, 0.2) is 0 Å². The Bertz CT molecular complexity index is 149. The van der Waals surface area contributed by atoms with Gasteiger partial charge in [-0.3, -0.25) is 0 Å². The van der Waals surface area contributed by atoms with Gasteiger partial charge in [0, 0.05) is 6.04 Å². The van der Waals surface area contributed by atoms with Crippen molar-refractivity contribution < 1.29 is 9.50 Å². The van der Waals surface area contributed by atoms with Crippen LogP contribution in [0, 0.1) is 0 Å². The molecule has 2 nitrogen and oxygen atoms in total. The van der Waals surface area contributed by atoms with Gasteiger partial charge in [-0.1, -0.05) is 0 Å². The van der Waals surface area contributed by atoms with Gasteiger partial charge in [-0.15, -0.1) is 12.4 Å². The molecule has 3 N–H and O–H groups in total. The van der Waals surface area contributed by atoms with Gasteiger partial charge in [0.05, 0.1) is 5.60 Å². The van der Waals surface area contributed by atoms with Crippen LogP contribution in [-0.2, 0) is 0 Å². The number of halogens is 2. The van der Waals surface area contributed by atoms with Crippen LogP contribution in [0.3, 0.4) is 0 Å². The SMILES string of the molecule is C[C@@]1(O)CC[C@@H](N)[C@@]1(C)F.Cl. The minimum atomic E-state index is -1.62. The topological polar surface area (TPSA) is 46.2 Å². The molecule has 1 saturated carbocycles. The third kappa shape index (κ3) is 1.50. The maximum atomic E-state index is 13.4. The molecule has 68 valence electrons. The van der Waals surface area contributed by atoms with Gasteiger partial charge in [-0.25, -0.2) is 4.39 Å². The zero-order valence-corrected chi connectivity index (χ0v) is 7.62. The number of nitrogens with two attached hydrogens (primary N) is 1. The second kappa shape index (κ2) is 2.88. The van der Waals surface area contributed by atoms with Crippen molar-refractivity contribution in [3.05, 3.63) is 0 Å². The van der Waals surface area contributed by atoms with Crippen molar-refractivity contribution in [3.63, 3.8) is 0 Å². The molecule has 0 aromatic heterocycles. The second-order valence-electron chi connectivity index (χ2n) is 3.49. The summed E-state index contributed by atoms with van der Waals surface area (Å²) in [7, 11) is 0. The van der Waals surface area contributed by atoms with E-state index in [9.17, 15) is 9.50 Å². The molecule has 0 bridgehead atoms. The highest BCUT2D eigenvalue weighted by atomic mass is 35.5. The van der Waals surface area contributed by atoms with E-state index < -0.39 is 17.3 Å². The van der Waals surface area contributed by atoms with Crippen LogP contribution in [0.1, 0.15) is 26.7 Å². The van der Waals surface area contributed by atoms with E-state index in [1.54, 1.807) is 0 Å². The molecule has 0 aromatic carbocycles. The molecule has 1 fully saturated rings. The van der Waals surface area contributed by atoms with Crippen molar-refractivity contribution in [2.75, 3.05) is 0 Å². The molecule has 0 aliphatic heterocycles. The van der Waals surface area contributed by atoms with E-state index in [4.69, 9.17) is 5.73 Å². The molecule has 1 rings (SSSR count). The highest BCUT2D eigenvalue weighted by Gasteiger charge is 2.53. The fourth-order valence-corrected chi connectivity index (χ4v) is 1.35. The molecule has 4 heteroatoms. The van der Waals surface area contributed by atoms with Crippen LogP contribution in [0.2, 0.25) is 0 Å². The van der Waals surface area contributed by atoms with Gasteiger partial charge < -0.3 is 10.8 Å². The average Bonchev–Trinajstić information content (AvgIpc) is 1.94. The van der Waals surface area contributed by atoms with E-state index in [1.807, 2.05) is 0 Å². The summed E-state index contributed by atoms with van der Waals surface area (Å²) in [5, 5.41) is 9.44. The highest BCUT2D eigenvalue weighted by Crippen LogP contribution is 2.40. The smallest absolute Gasteiger partial charge is 0.151 e. The number of hydrogen-bond donors (Lipinski definition) is 2. The number of rotatable bonds is 0. The predicted molar refractivity (Wildman–Crippen MR) is 44.6 cm³/mol. The predicted octanol–water partition coefficient (Wildman–Crippen LogP) is 1.01. The lowest BCUT2D eigenvalue weighted by Crippen LogP contribution is -2.50. The summed E-state index contributed by atoms with van der Waals surface area (Å²) >= 11 is 0. The Morgan fingerprint density at radius 3 is 2.09 bits per heavy atom. The van der Waals surface area contributed by atoms with Crippen LogP contribution in [0.5, 0.6) is 0 Å². The van der Waals surface area contributed by atoms with Gasteiger partial charge in [0.2, 0.25) is 0 Å². The molecule has 1 aliphatic carbocycles. The summed E-state index contributed by atoms with van der Waals surface area (Å²) in [4.78, 5) is 0. The van der Waals surface area contributed by atoms with E-state index in [2.05, 4.69) is 0 Å². The first-order chi connectivity index (χ1) is 4.38. The fraction of sp³-hybridized carbons (Fsp3) is 1.00. The van der Waals surface area contributed by atoms with Crippen LogP contribution in [0.4, 0.5) is 4.39 Å². The summed E-state index contributed by atoms with van der Waals surface area (Å²) in [6.07, 6.45) is 1.03. The molecule has 0 amide bonds. The van der Waals surface area contributed by atoms with Crippen molar-refractivity contribution >= 4 is 12.4 Å². The molecular weight excluding hydrogens is 169 g/mol. The minimum Gasteiger partial charge on any atom is -0.387 e. The molecule has 11 heavy (non-hydrogen) atoms. The van der Waals surface area contributed by atoms with Crippen LogP contribution < -0.4 is 5.73 Å².